The van der Waals surface area contributed by atoms with Gasteiger partial charge in [-0.15, -0.1) is 0 Å². The van der Waals surface area contributed by atoms with Crippen molar-refractivity contribution < 1.29 is 27.8 Å². The van der Waals surface area contributed by atoms with Crippen LogP contribution in [0.2, 0.25) is 0 Å². The van der Waals surface area contributed by atoms with E-state index < -0.39 is 17.7 Å². The van der Waals surface area contributed by atoms with Gasteiger partial charge in [0, 0.05) is 18.1 Å². The number of carboxylic acids is 1. The van der Waals surface area contributed by atoms with Crippen molar-refractivity contribution in [2.24, 2.45) is 11.8 Å². The molecule has 35 heavy (non-hydrogen) atoms. The Morgan fingerprint density at radius 3 is 2.26 bits per heavy atom. The van der Waals surface area contributed by atoms with Crippen LogP contribution in [0, 0.1) is 11.8 Å². The lowest BCUT2D eigenvalue weighted by molar-refractivity contribution is -0.144. The van der Waals surface area contributed by atoms with Crippen LogP contribution in [0.25, 0.3) is 10.8 Å². The van der Waals surface area contributed by atoms with Crippen molar-refractivity contribution in [2.45, 2.75) is 95.6 Å². The number of hydrogen-bond donors (Lipinski definition) is 1. The summed E-state index contributed by atoms with van der Waals surface area (Å²) in [6, 6.07) is 8.80. The SMILES string of the molecule is CC1CCC(Oc2ccc3ccc([C@H](C)N4C5CCC4CC(C(=O)O)C5)cc3c2C(F)(F)F)CC1. The molecule has 1 N–H and O–H groups in total. The van der Waals surface area contributed by atoms with Gasteiger partial charge in [0.25, 0.3) is 0 Å². The number of alkyl halides is 3. The summed E-state index contributed by atoms with van der Waals surface area (Å²) >= 11 is 0. The second-order valence-electron chi connectivity index (χ2n) is 10.9. The lowest BCUT2D eigenvalue weighted by atomic mass is 9.88. The van der Waals surface area contributed by atoms with Gasteiger partial charge in [0.05, 0.1) is 12.0 Å². The number of fused-ring (bicyclic) bond motifs is 3. The molecule has 4 nitrogen and oxygen atoms in total. The Bertz CT molecular complexity index is 1080. The van der Waals surface area contributed by atoms with Crippen LogP contribution in [-0.4, -0.2) is 34.2 Å². The first-order valence-electron chi connectivity index (χ1n) is 12.9. The largest absolute Gasteiger partial charge is 0.490 e. The predicted molar refractivity (Wildman–Crippen MR) is 128 cm³/mol. The summed E-state index contributed by atoms with van der Waals surface area (Å²) in [4.78, 5) is 13.9. The minimum Gasteiger partial charge on any atom is -0.490 e. The molecule has 3 aliphatic rings. The second-order valence-corrected chi connectivity index (χ2v) is 10.9. The minimum absolute atomic E-state index is 0.0725. The van der Waals surface area contributed by atoms with E-state index in [0.29, 0.717) is 24.1 Å². The predicted octanol–water partition coefficient (Wildman–Crippen LogP) is 7.20. The number of nitrogens with zero attached hydrogens (tertiary/aromatic N) is 1. The number of carboxylic acid groups (broad SMARTS) is 1. The normalized spacial score (nSPS) is 30.4. The van der Waals surface area contributed by atoms with E-state index in [1.165, 1.54) is 6.07 Å². The molecule has 1 saturated carbocycles. The summed E-state index contributed by atoms with van der Waals surface area (Å²) in [7, 11) is 0. The number of rotatable bonds is 5. The van der Waals surface area contributed by atoms with Gasteiger partial charge >= 0.3 is 12.1 Å². The minimum atomic E-state index is -4.53. The molecule has 5 rings (SSSR count). The molecule has 2 unspecified atom stereocenters. The Morgan fingerprint density at radius 1 is 1.03 bits per heavy atom. The Labute approximate surface area is 204 Å². The van der Waals surface area contributed by atoms with E-state index in [0.717, 1.165) is 44.1 Å². The standard InChI is InChI=1S/C28H34F3NO3/c1-16-3-10-23(11-4-16)35-25-12-7-18-5-6-19(15-24(18)26(25)28(29,30)31)17(2)32-21-8-9-22(32)14-20(13-21)27(33)34/h5-7,12,15-17,20-23H,3-4,8-11,13-14H2,1-2H3,(H,33,34)/t16?,17-,20?,21?,22?,23?/m0/s1. The molecule has 0 spiro atoms. The van der Waals surface area contributed by atoms with Gasteiger partial charge in [0.2, 0.25) is 0 Å². The average molecular weight is 490 g/mol. The third-order valence-corrected chi connectivity index (χ3v) is 8.62. The summed E-state index contributed by atoms with van der Waals surface area (Å²) in [6.07, 6.45) is 1.90. The quantitative estimate of drug-likeness (QED) is 0.482. The number of carbonyl (C=O) groups is 1. The Hall–Kier alpha value is -2.28. The summed E-state index contributed by atoms with van der Waals surface area (Å²) in [5.74, 6) is -0.549. The third-order valence-electron chi connectivity index (χ3n) is 8.62. The zero-order valence-corrected chi connectivity index (χ0v) is 20.4. The maximum absolute atomic E-state index is 14.4. The molecule has 7 heteroatoms. The fourth-order valence-corrected chi connectivity index (χ4v) is 6.71. The first-order valence-corrected chi connectivity index (χ1v) is 12.9. The molecule has 2 bridgehead atoms. The number of ether oxygens (including phenoxy) is 1. The molecule has 2 aromatic carbocycles. The highest BCUT2D eigenvalue weighted by Crippen LogP contribution is 2.46. The zero-order valence-electron chi connectivity index (χ0n) is 20.4. The van der Waals surface area contributed by atoms with Crippen LogP contribution in [-0.2, 0) is 11.0 Å². The molecule has 3 atom stereocenters. The molecular formula is C28H34F3NO3. The van der Waals surface area contributed by atoms with Gasteiger partial charge in [-0.2, -0.15) is 13.2 Å². The van der Waals surface area contributed by atoms with Crippen molar-refractivity contribution in [1.82, 2.24) is 4.90 Å². The maximum atomic E-state index is 14.4. The summed E-state index contributed by atoms with van der Waals surface area (Å²) < 4.78 is 49.1. The van der Waals surface area contributed by atoms with Crippen LogP contribution in [0.5, 0.6) is 5.75 Å². The van der Waals surface area contributed by atoms with Crippen LogP contribution < -0.4 is 4.74 Å². The molecule has 2 saturated heterocycles. The first kappa shape index (κ1) is 24.4. The number of aliphatic carboxylic acids is 1. The summed E-state index contributed by atoms with van der Waals surface area (Å²) in [5.41, 5.74) is 0.146. The van der Waals surface area contributed by atoms with Crippen molar-refractivity contribution in [3.8, 4) is 5.75 Å². The molecule has 2 heterocycles. The molecule has 190 valence electrons. The average Bonchev–Trinajstić information content (AvgIpc) is 3.07. The van der Waals surface area contributed by atoms with Gasteiger partial charge in [-0.3, -0.25) is 9.69 Å². The van der Waals surface area contributed by atoms with Gasteiger partial charge in [-0.05, 0) is 92.7 Å². The number of benzene rings is 2. The fourth-order valence-electron chi connectivity index (χ4n) is 6.71. The van der Waals surface area contributed by atoms with Crippen molar-refractivity contribution in [2.75, 3.05) is 0 Å². The van der Waals surface area contributed by atoms with Crippen LogP contribution in [0.1, 0.15) is 82.4 Å². The number of piperidine rings is 1. The first-order chi connectivity index (χ1) is 16.6. The highest BCUT2D eigenvalue weighted by atomic mass is 19.4. The van der Waals surface area contributed by atoms with E-state index in [2.05, 4.69) is 11.8 Å². The Balaban J connectivity index is 1.47. The van der Waals surface area contributed by atoms with Crippen LogP contribution >= 0.6 is 0 Å². The molecule has 0 aromatic heterocycles. The lowest BCUT2D eigenvalue weighted by Crippen LogP contribution is -2.45. The maximum Gasteiger partial charge on any atom is 0.420 e. The van der Waals surface area contributed by atoms with Crippen LogP contribution in [0.15, 0.2) is 30.3 Å². The van der Waals surface area contributed by atoms with Crippen LogP contribution in [0.3, 0.4) is 0 Å². The van der Waals surface area contributed by atoms with Gasteiger partial charge in [-0.1, -0.05) is 25.1 Å². The topological polar surface area (TPSA) is 49.8 Å². The number of halogens is 3. The molecule has 2 aromatic rings. The van der Waals surface area contributed by atoms with E-state index >= 15 is 0 Å². The van der Waals surface area contributed by atoms with Gasteiger partial charge in [-0.25, -0.2) is 0 Å². The lowest BCUT2D eigenvalue weighted by Gasteiger charge is -2.41. The monoisotopic (exact) mass is 489 g/mol. The summed E-state index contributed by atoms with van der Waals surface area (Å²) in [6.45, 7) is 4.21. The molecule has 1 aliphatic carbocycles. The number of hydrogen-bond acceptors (Lipinski definition) is 3. The Kier molecular flexibility index (Phi) is 6.49. The van der Waals surface area contributed by atoms with Crippen LogP contribution in [0.4, 0.5) is 13.2 Å². The molecule has 0 amide bonds. The van der Waals surface area contributed by atoms with Crippen molar-refractivity contribution in [1.29, 1.82) is 0 Å². The fraction of sp³-hybridized carbons (Fsp3) is 0.607. The van der Waals surface area contributed by atoms with Crippen molar-refractivity contribution >= 4 is 16.7 Å². The van der Waals surface area contributed by atoms with Crippen molar-refractivity contribution in [3.05, 3.63) is 41.5 Å². The molecule has 2 aliphatic heterocycles. The zero-order chi connectivity index (χ0) is 24.9. The van der Waals surface area contributed by atoms with E-state index in [1.54, 1.807) is 18.2 Å². The van der Waals surface area contributed by atoms with E-state index in [-0.39, 0.29) is 41.3 Å². The summed E-state index contributed by atoms with van der Waals surface area (Å²) in [5, 5.41) is 10.2. The molecule has 0 radical (unpaired) electrons. The highest BCUT2D eigenvalue weighted by molar-refractivity contribution is 5.89. The van der Waals surface area contributed by atoms with Crippen molar-refractivity contribution in [3.63, 3.8) is 0 Å². The van der Waals surface area contributed by atoms with Gasteiger partial charge < -0.3 is 9.84 Å². The van der Waals surface area contributed by atoms with Gasteiger partial charge in [0.15, 0.2) is 0 Å². The van der Waals surface area contributed by atoms with Gasteiger partial charge in [0.1, 0.15) is 11.3 Å². The highest BCUT2D eigenvalue weighted by Gasteiger charge is 2.45. The van der Waals surface area contributed by atoms with E-state index in [4.69, 9.17) is 4.74 Å². The van der Waals surface area contributed by atoms with E-state index in [9.17, 15) is 23.1 Å². The second kappa shape index (κ2) is 9.30. The molecule has 3 fully saturated rings. The third kappa shape index (κ3) is 4.76. The van der Waals surface area contributed by atoms with E-state index in [1.807, 2.05) is 13.0 Å². The Morgan fingerprint density at radius 2 is 1.66 bits per heavy atom. The smallest absolute Gasteiger partial charge is 0.420 e. The molecular weight excluding hydrogens is 455 g/mol.